The van der Waals surface area contributed by atoms with Crippen molar-refractivity contribution in [2.45, 2.75) is 51.6 Å². The van der Waals surface area contributed by atoms with Gasteiger partial charge in [-0.05, 0) is 30.5 Å². The van der Waals surface area contributed by atoms with E-state index in [0.29, 0.717) is 24.6 Å². The van der Waals surface area contributed by atoms with Crippen LogP contribution < -0.4 is 9.47 Å². The van der Waals surface area contributed by atoms with Crippen LogP contribution >= 0.6 is 0 Å². The van der Waals surface area contributed by atoms with Crippen molar-refractivity contribution in [3.8, 4) is 11.5 Å². The smallest absolute Gasteiger partial charge is 0.282 e. The van der Waals surface area contributed by atoms with E-state index in [2.05, 4.69) is 0 Å². The molecular weight excluding hydrogens is 340 g/mol. The molecule has 1 aromatic carbocycles. The normalized spacial score (nSPS) is 16.4. The van der Waals surface area contributed by atoms with Gasteiger partial charge in [0.05, 0.1) is 14.2 Å². The van der Waals surface area contributed by atoms with Gasteiger partial charge in [0, 0.05) is 26.2 Å². The summed E-state index contributed by atoms with van der Waals surface area (Å²) < 4.78 is 39.7. The molecule has 0 spiro atoms. The van der Waals surface area contributed by atoms with Crippen LogP contribution in [-0.2, 0) is 16.8 Å². The molecule has 0 bridgehead atoms. The van der Waals surface area contributed by atoms with Crippen molar-refractivity contribution in [1.29, 1.82) is 0 Å². The zero-order valence-electron chi connectivity index (χ0n) is 15.7. The fourth-order valence-corrected chi connectivity index (χ4v) is 4.94. The number of benzene rings is 1. The minimum atomic E-state index is -3.49. The fourth-order valence-electron chi connectivity index (χ4n) is 3.35. The summed E-state index contributed by atoms with van der Waals surface area (Å²) >= 11 is 0. The number of hydrogen-bond donors (Lipinski definition) is 0. The Balaban J connectivity index is 2.17. The Labute approximate surface area is 151 Å². The van der Waals surface area contributed by atoms with Crippen LogP contribution in [0.2, 0.25) is 0 Å². The molecule has 142 valence electrons. The molecule has 0 atom stereocenters. The summed E-state index contributed by atoms with van der Waals surface area (Å²) in [5.74, 6) is 1.24. The second-order valence-corrected chi connectivity index (χ2v) is 8.42. The maximum absolute atomic E-state index is 13.0. The Bertz CT molecular complexity index is 657. The topological polar surface area (TPSA) is 59.1 Å². The Hall–Kier alpha value is -1.31. The van der Waals surface area contributed by atoms with E-state index in [0.717, 1.165) is 31.2 Å². The Morgan fingerprint density at radius 2 is 1.72 bits per heavy atom. The third-order valence-corrected chi connectivity index (χ3v) is 7.00. The van der Waals surface area contributed by atoms with Gasteiger partial charge in [-0.2, -0.15) is 17.0 Å². The molecule has 1 aromatic rings. The van der Waals surface area contributed by atoms with Gasteiger partial charge in [0.15, 0.2) is 11.5 Å². The molecule has 7 heteroatoms. The van der Waals surface area contributed by atoms with E-state index >= 15 is 0 Å². The predicted octanol–water partition coefficient (Wildman–Crippen LogP) is 3.04. The lowest BCUT2D eigenvalue weighted by Crippen LogP contribution is -2.46. The first-order chi connectivity index (χ1) is 11.9. The van der Waals surface area contributed by atoms with Gasteiger partial charge in [-0.3, -0.25) is 0 Å². The van der Waals surface area contributed by atoms with E-state index in [-0.39, 0.29) is 6.04 Å². The predicted molar refractivity (Wildman–Crippen MR) is 99.2 cm³/mol. The lowest BCUT2D eigenvalue weighted by atomic mass is 9.96. The average Bonchev–Trinajstić information content (AvgIpc) is 2.65. The average molecular weight is 371 g/mol. The molecule has 1 fully saturated rings. The standard InChI is InChI=1S/C18H30N2O4S/c1-5-20(14-15-11-12-17(23-3)18(13-15)24-4)25(21,22)19(2)16-9-7-6-8-10-16/h11-13,16H,5-10,14H2,1-4H3. The third kappa shape index (κ3) is 4.65. The number of hydrogen-bond acceptors (Lipinski definition) is 4. The molecule has 2 rings (SSSR count). The van der Waals surface area contributed by atoms with Gasteiger partial charge in [-0.15, -0.1) is 0 Å². The zero-order chi connectivity index (χ0) is 18.4. The summed E-state index contributed by atoms with van der Waals surface area (Å²) in [6.07, 6.45) is 5.31. The van der Waals surface area contributed by atoms with Crippen LogP contribution in [0.15, 0.2) is 18.2 Å². The molecule has 25 heavy (non-hydrogen) atoms. The zero-order valence-corrected chi connectivity index (χ0v) is 16.5. The van der Waals surface area contributed by atoms with Gasteiger partial charge in [0.25, 0.3) is 10.2 Å². The molecule has 1 saturated carbocycles. The van der Waals surface area contributed by atoms with Crippen molar-refractivity contribution in [3.05, 3.63) is 23.8 Å². The van der Waals surface area contributed by atoms with E-state index in [9.17, 15) is 8.42 Å². The van der Waals surface area contributed by atoms with Gasteiger partial charge in [-0.25, -0.2) is 0 Å². The van der Waals surface area contributed by atoms with Crippen LogP contribution in [0.5, 0.6) is 11.5 Å². The van der Waals surface area contributed by atoms with Crippen molar-refractivity contribution in [2.75, 3.05) is 27.8 Å². The first-order valence-electron chi connectivity index (χ1n) is 8.88. The summed E-state index contributed by atoms with van der Waals surface area (Å²) in [6, 6.07) is 5.62. The molecule has 0 aromatic heterocycles. The van der Waals surface area contributed by atoms with Gasteiger partial charge in [0.2, 0.25) is 0 Å². The maximum atomic E-state index is 13.0. The monoisotopic (exact) mass is 370 g/mol. The molecular formula is C18H30N2O4S. The summed E-state index contributed by atoms with van der Waals surface area (Å²) in [5.41, 5.74) is 0.875. The van der Waals surface area contributed by atoms with Crippen molar-refractivity contribution in [2.24, 2.45) is 0 Å². The lowest BCUT2D eigenvalue weighted by molar-refractivity contribution is 0.262. The number of nitrogens with zero attached hydrogens (tertiary/aromatic N) is 2. The Morgan fingerprint density at radius 1 is 1.08 bits per heavy atom. The summed E-state index contributed by atoms with van der Waals surface area (Å²) in [5, 5.41) is 0. The molecule has 0 radical (unpaired) electrons. The van der Waals surface area contributed by atoms with Crippen molar-refractivity contribution < 1.29 is 17.9 Å². The largest absolute Gasteiger partial charge is 0.493 e. The number of ether oxygens (including phenoxy) is 2. The van der Waals surface area contributed by atoms with Crippen molar-refractivity contribution >= 4 is 10.2 Å². The van der Waals surface area contributed by atoms with Crippen molar-refractivity contribution in [1.82, 2.24) is 8.61 Å². The van der Waals surface area contributed by atoms with Gasteiger partial charge < -0.3 is 9.47 Å². The Morgan fingerprint density at radius 3 is 2.28 bits per heavy atom. The SMILES string of the molecule is CCN(Cc1ccc(OC)c(OC)c1)S(=O)(=O)N(C)C1CCCCC1. The number of rotatable bonds is 8. The highest BCUT2D eigenvalue weighted by molar-refractivity contribution is 7.86. The summed E-state index contributed by atoms with van der Waals surface area (Å²) in [4.78, 5) is 0. The Kier molecular flexibility index (Phi) is 7.10. The minimum Gasteiger partial charge on any atom is -0.493 e. The fraction of sp³-hybridized carbons (Fsp3) is 0.667. The van der Waals surface area contributed by atoms with Gasteiger partial charge >= 0.3 is 0 Å². The highest BCUT2D eigenvalue weighted by Crippen LogP contribution is 2.29. The lowest BCUT2D eigenvalue weighted by Gasteiger charge is -2.34. The first kappa shape index (κ1) is 20.0. The summed E-state index contributed by atoms with van der Waals surface area (Å²) in [6.45, 7) is 2.61. The first-order valence-corrected chi connectivity index (χ1v) is 10.3. The van der Waals surface area contributed by atoms with Crippen molar-refractivity contribution in [3.63, 3.8) is 0 Å². The molecule has 0 saturated heterocycles. The highest BCUT2D eigenvalue weighted by Gasteiger charge is 2.32. The van der Waals surface area contributed by atoms with Gasteiger partial charge in [-0.1, -0.05) is 32.3 Å². The van der Waals surface area contributed by atoms with Crippen LogP contribution in [0, 0.1) is 0 Å². The molecule has 0 unspecified atom stereocenters. The van der Waals surface area contributed by atoms with Crippen LogP contribution in [-0.4, -0.2) is 50.9 Å². The maximum Gasteiger partial charge on any atom is 0.282 e. The van der Waals surface area contributed by atoms with Crippen LogP contribution in [0.3, 0.4) is 0 Å². The molecule has 0 amide bonds. The molecule has 6 nitrogen and oxygen atoms in total. The molecule has 0 aliphatic heterocycles. The molecule has 0 heterocycles. The van der Waals surface area contributed by atoms with E-state index in [1.165, 1.54) is 10.7 Å². The molecule has 1 aliphatic rings. The van der Waals surface area contributed by atoms with Gasteiger partial charge in [0.1, 0.15) is 0 Å². The molecule has 1 aliphatic carbocycles. The third-order valence-electron chi connectivity index (χ3n) is 4.94. The second-order valence-electron chi connectivity index (χ2n) is 6.43. The van der Waals surface area contributed by atoms with E-state index in [4.69, 9.17) is 9.47 Å². The van der Waals surface area contributed by atoms with Crippen LogP contribution in [0.1, 0.15) is 44.6 Å². The van der Waals surface area contributed by atoms with Crippen LogP contribution in [0.4, 0.5) is 0 Å². The molecule has 0 N–H and O–H groups in total. The number of methoxy groups -OCH3 is 2. The highest BCUT2D eigenvalue weighted by atomic mass is 32.2. The van der Waals surface area contributed by atoms with E-state index in [1.807, 2.05) is 19.1 Å². The minimum absolute atomic E-state index is 0.109. The van der Waals surface area contributed by atoms with E-state index < -0.39 is 10.2 Å². The van der Waals surface area contributed by atoms with Crippen LogP contribution in [0.25, 0.3) is 0 Å². The van der Waals surface area contributed by atoms with E-state index in [1.54, 1.807) is 31.6 Å². The summed E-state index contributed by atoms with van der Waals surface area (Å²) in [7, 11) is 1.38. The second kappa shape index (κ2) is 8.87. The quantitative estimate of drug-likeness (QED) is 0.706.